The second kappa shape index (κ2) is 8.97. The Balaban J connectivity index is 1.75. The number of esters is 1. The van der Waals surface area contributed by atoms with Crippen molar-refractivity contribution in [1.82, 2.24) is 9.55 Å². The summed E-state index contributed by atoms with van der Waals surface area (Å²) in [4.78, 5) is 41.2. The van der Waals surface area contributed by atoms with Crippen molar-refractivity contribution in [1.29, 1.82) is 0 Å². The number of carbonyl (C=O) groups is 2. The van der Waals surface area contributed by atoms with Crippen molar-refractivity contribution >= 4 is 17.6 Å². The number of hydrogen-bond acceptors (Lipinski definition) is 5. The predicted molar refractivity (Wildman–Crippen MR) is 110 cm³/mol. The molecule has 7 heteroatoms. The fraction of sp³-hybridized carbons (Fsp3) is 0.182. The molecule has 3 rings (SSSR count). The van der Waals surface area contributed by atoms with Gasteiger partial charge in [-0.2, -0.15) is 0 Å². The Bertz CT molecular complexity index is 1090. The third-order valence-electron chi connectivity index (χ3n) is 4.23. The Morgan fingerprint density at radius 1 is 1.07 bits per heavy atom. The van der Waals surface area contributed by atoms with E-state index in [-0.39, 0.29) is 18.7 Å². The molecular formula is C22H21N3O4. The SMILES string of the molecule is CCOC(=O)c1cccc(NC(=O)Cn2c(C)nc(-c3ccccc3)cc2=O)c1. The summed E-state index contributed by atoms with van der Waals surface area (Å²) in [6.07, 6.45) is 0. The van der Waals surface area contributed by atoms with Crippen molar-refractivity contribution in [2.45, 2.75) is 20.4 Å². The molecular weight excluding hydrogens is 370 g/mol. The van der Waals surface area contributed by atoms with Crippen LogP contribution in [-0.2, 0) is 16.1 Å². The number of aryl methyl sites for hydroxylation is 1. The molecule has 0 aliphatic rings. The first-order valence-electron chi connectivity index (χ1n) is 9.19. The first kappa shape index (κ1) is 20.0. The highest BCUT2D eigenvalue weighted by atomic mass is 16.5. The van der Waals surface area contributed by atoms with E-state index in [1.165, 1.54) is 16.7 Å². The summed E-state index contributed by atoms with van der Waals surface area (Å²) in [7, 11) is 0. The Labute approximate surface area is 168 Å². The van der Waals surface area contributed by atoms with Crippen molar-refractivity contribution in [2.24, 2.45) is 0 Å². The van der Waals surface area contributed by atoms with Crippen LogP contribution in [0.5, 0.6) is 0 Å². The van der Waals surface area contributed by atoms with E-state index in [0.717, 1.165) is 5.56 Å². The molecule has 0 aliphatic heterocycles. The number of carbonyl (C=O) groups excluding carboxylic acids is 2. The molecule has 148 valence electrons. The number of benzene rings is 2. The van der Waals surface area contributed by atoms with E-state index in [1.54, 1.807) is 32.0 Å². The van der Waals surface area contributed by atoms with Gasteiger partial charge in [0.05, 0.1) is 17.9 Å². The summed E-state index contributed by atoms with van der Waals surface area (Å²) < 4.78 is 6.26. The van der Waals surface area contributed by atoms with Gasteiger partial charge in [-0.05, 0) is 32.0 Å². The Morgan fingerprint density at radius 3 is 2.52 bits per heavy atom. The molecule has 1 N–H and O–H groups in total. The molecule has 0 unspecified atom stereocenters. The first-order chi connectivity index (χ1) is 14.0. The number of hydrogen-bond donors (Lipinski definition) is 1. The Morgan fingerprint density at radius 2 is 1.83 bits per heavy atom. The number of anilines is 1. The van der Waals surface area contributed by atoms with E-state index in [4.69, 9.17) is 4.74 Å². The van der Waals surface area contributed by atoms with Gasteiger partial charge < -0.3 is 10.1 Å². The van der Waals surface area contributed by atoms with Crippen LogP contribution in [0.3, 0.4) is 0 Å². The van der Waals surface area contributed by atoms with E-state index in [2.05, 4.69) is 10.3 Å². The van der Waals surface area contributed by atoms with Crippen molar-refractivity contribution in [2.75, 3.05) is 11.9 Å². The van der Waals surface area contributed by atoms with Gasteiger partial charge in [-0.25, -0.2) is 9.78 Å². The van der Waals surface area contributed by atoms with Gasteiger partial charge in [-0.3, -0.25) is 14.2 Å². The molecule has 0 fully saturated rings. The monoisotopic (exact) mass is 391 g/mol. The zero-order valence-corrected chi connectivity index (χ0v) is 16.2. The molecule has 0 radical (unpaired) electrons. The lowest BCUT2D eigenvalue weighted by molar-refractivity contribution is -0.116. The summed E-state index contributed by atoms with van der Waals surface area (Å²) in [5.74, 6) is -0.423. The minimum absolute atomic E-state index is 0.184. The topological polar surface area (TPSA) is 90.3 Å². The summed E-state index contributed by atoms with van der Waals surface area (Å²) in [6, 6.07) is 17.2. The molecule has 0 saturated heterocycles. The number of aromatic nitrogens is 2. The minimum Gasteiger partial charge on any atom is -0.462 e. The van der Waals surface area contributed by atoms with Crippen LogP contribution in [0.25, 0.3) is 11.3 Å². The molecule has 2 aromatic carbocycles. The van der Waals surface area contributed by atoms with Crippen molar-refractivity contribution in [3.63, 3.8) is 0 Å². The highest BCUT2D eigenvalue weighted by Gasteiger charge is 2.12. The van der Waals surface area contributed by atoms with E-state index in [9.17, 15) is 14.4 Å². The molecule has 7 nitrogen and oxygen atoms in total. The maximum atomic E-state index is 12.5. The molecule has 0 atom stereocenters. The predicted octanol–water partition coefficient (Wildman–Crippen LogP) is 3.03. The van der Waals surface area contributed by atoms with Crippen LogP contribution in [0, 0.1) is 6.92 Å². The lowest BCUT2D eigenvalue weighted by atomic mass is 10.1. The average molecular weight is 391 g/mol. The normalized spacial score (nSPS) is 10.4. The lowest BCUT2D eigenvalue weighted by Crippen LogP contribution is -2.29. The summed E-state index contributed by atoms with van der Waals surface area (Å²) >= 11 is 0. The van der Waals surface area contributed by atoms with Crippen LogP contribution in [0.2, 0.25) is 0 Å². The van der Waals surface area contributed by atoms with Gasteiger partial charge in [-0.15, -0.1) is 0 Å². The number of nitrogens with one attached hydrogen (secondary N) is 1. The molecule has 1 amide bonds. The molecule has 1 aromatic heterocycles. The van der Waals surface area contributed by atoms with Crippen molar-refractivity contribution < 1.29 is 14.3 Å². The Hall–Kier alpha value is -3.74. The molecule has 0 saturated carbocycles. The summed E-state index contributed by atoms with van der Waals surface area (Å²) in [5.41, 5.74) is 1.87. The smallest absolute Gasteiger partial charge is 0.338 e. The van der Waals surface area contributed by atoms with Crippen LogP contribution >= 0.6 is 0 Å². The zero-order valence-electron chi connectivity index (χ0n) is 16.2. The van der Waals surface area contributed by atoms with Crippen LogP contribution in [0.15, 0.2) is 65.5 Å². The summed E-state index contributed by atoms with van der Waals surface area (Å²) in [6.45, 7) is 3.49. The maximum Gasteiger partial charge on any atom is 0.338 e. The quantitative estimate of drug-likeness (QED) is 0.652. The van der Waals surface area contributed by atoms with Gasteiger partial charge in [0.25, 0.3) is 5.56 Å². The van der Waals surface area contributed by atoms with Crippen LogP contribution in [0.1, 0.15) is 23.1 Å². The van der Waals surface area contributed by atoms with E-state index in [1.807, 2.05) is 30.3 Å². The fourth-order valence-electron chi connectivity index (χ4n) is 2.85. The minimum atomic E-state index is -0.462. The third-order valence-corrected chi connectivity index (χ3v) is 4.23. The van der Waals surface area contributed by atoms with Gasteiger partial charge in [0.2, 0.25) is 5.91 Å². The Kier molecular flexibility index (Phi) is 6.19. The van der Waals surface area contributed by atoms with E-state index in [0.29, 0.717) is 22.8 Å². The molecule has 3 aromatic rings. The molecule has 0 bridgehead atoms. The van der Waals surface area contributed by atoms with Crippen LogP contribution in [0.4, 0.5) is 5.69 Å². The standard InChI is InChI=1S/C22H21N3O4/c1-3-29-22(28)17-10-7-11-18(12-17)24-20(26)14-25-15(2)23-19(13-21(25)27)16-8-5-4-6-9-16/h4-13H,3,14H2,1-2H3,(H,24,26). The van der Waals surface area contributed by atoms with Crippen LogP contribution in [-0.4, -0.2) is 28.0 Å². The number of rotatable bonds is 6. The van der Waals surface area contributed by atoms with Gasteiger partial charge in [0.1, 0.15) is 12.4 Å². The lowest BCUT2D eigenvalue weighted by Gasteiger charge is -2.12. The van der Waals surface area contributed by atoms with Gasteiger partial charge >= 0.3 is 5.97 Å². The highest BCUT2D eigenvalue weighted by molar-refractivity contribution is 5.94. The second-order valence-electron chi connectivity index (χ2n) is 6.33. The number of ether oxygens (including phenoxy) is 1. The largest absolute Gasteiger partial charge is 0.462 e. The van der Waals surface area contributed by atoms with Crippen LogP contribution < -0.4 is 10.9 Å². The number of nitrogens with zero attached hydrogens (tertiary/aromatic N) is 2. The second-order valence-corrected chi connectivity index (χ2v) is 6.33. The molecule has 29 heavy (non-hydrogen) atoms. The third kappa shape index (κ3) is 4.95. The van der Waals surface area contributed by atoms with E-state index >= 15 is 0 Å². The highest BCUT2D eigenvalue weighted by Crippen LogP contribution is 2.15. The van der Waals surface area contributed by atoms with E-state index < -0.39 is 11.9 Å². The van der Waals surface area contributed by atoms with Gasteiger partial charge in [-0.1, -0.05) is 36.4 Å². The average Bonchev–Trinajstić information content (AvgIpc) is 2.71. The zero-order chi connectivity index (χ0) is 20.8. The first-order valence-corrected chi connectivity index (χ1v) is 9.19. The number of amides is 1. The van der Waals surface area contributed by atoms with Crippen molar-refractivity contribution in [3.8, 4) is 11.3 Å². The molecule has 0 aliphatic carbocycles. The summed E-state index contributed by atoms with van der Waals surface area (Å²) in [5, 5.41) is 2.69. The van der Waals surface area contributed by atoms with Gasteiger partial charge in [0, 0.05) is 17.3 Å². The maximum absolute atomic E-state index is 12.5. The molecule has 0 spiro atoms. The van der Waals surface area contributed by atoms with Gasteiger partial charge in [0.15, 0.2) is 0 Å². The van der Waals surface area contributed by atoms with Crippen molar-refractivity contribution in [3.05, 3.63) is 82.4 Å². The molecule has 1 heterocycles. The fourth-order valence-corrected chi connectivity index (χ4v) is 2.85.